The first-order valence-electron chi connectivity index (χ1n) is 9.96. The van der Waals surface area contributed by atoms with Gasteiger partial charge in [-0.1, -0.05) is 18.2 Å². The Bertz CT molecular complexity index is 1010. The lowest BCUT2D eigenvalue weighted by Crippen LogP contribution is -3.13. The van der Waals surface area contributed by atoms with Crippen LogP contribution in [0.3, 0.4) is 0 Å². The number of esters is 1. The molecule has 2 atom stereocenters. The van der Waals surface area contributed by atoms with Gasteiger partial charge < -0.3 is 14.1 Å². The number of aromatic nitrogens is 3. The highest BCUT2D eigenvalue weighted by Gasteiger charge is 2.30. The molecule has 29 heavy (non-hydrogen) atoms. The molecule has 1 aromatic carbocycles. The minimum Gasteiger partial charge on any atom is -0.466 e. The molecular weight excluding hydrogens is 388 g/mol. The number of rotatable bonds is 6. The summed E-state index contributed by atoms with van der Waals surface area (Å²) in [6.45, 7) is 4.57. The predicted octanol–water partition coefficient (Wildman–Crippen LogP) is 2.48. The van der Waals surface area contributed by atoms with Gasteiger partial charge in [-0.05, 0) is 56.2 Å². The zero-order chi connectivity index (χ0) is 20.2. The Kier molecular flexibility index (Phi) is 5.92. The number of carbonyl (C=O) groups excluding carboxylic acids is 1. The molecule has 0 bridgehead atoms. The minimum absolute atomic E-state index is 0.0615. The highest BCUT2D eigenvalue weighted by molar-refractivity contribution is 7.71. The fourth-order valence-corrected chi connectivity index (χ4v) is 4.15. The van der Waals surface area contributed by atoms with E-state index in [1.54, 1.807) is 6.26 Å². The second-order valence-electron chi connectivity index (χ2n) is 7.21. The normalized spacial score (nSPS) is 19.2. The molecule has 1 unspecified atom stereocenters. The first-order valence-corrected chi connectivity index (χ1v) is 10.4. The summed E-state index contributed by atoms with van der Waals surface area (Å²) in [6, 6.07) is 13.6. The summed E-state index contributed by atoms with van der Waals surface area (Å²) < 4.78 is 15.2. The van der Waals surface area contributed by atoms with E-state index in [1.165, 1.54) is 4.90 Å². The number of benzene rings is 1. The van der Waals surface area contributed by atoms with Gasteiger partial charge in [0.2, 0.25) is 10.6 Å². The van der Waals surface area contributed by atoms with E-state index in [-0.39, 0.29) is 11.9 Å². The van der Waals surface area contributed by atoms with Gasteiger partial charge in [-0.3, -0.25) is 9.36 Å². The Labute approximate surface area is 174 Å². The van der Waals surface area contributed by atoms with Crippen molar-refractivity contribution in [1.82, 2.24) is 14.3 Å². The highest BCUT2D eigenvalue weighted by Crippen LogP contribution is 2.22. The number of piperidine rings is 1. The second kappa shape index (κ2) is 8.75. The number of nitrogens with zero attached hydrogens (tertiary/aromatic N) is 3. The van der Waals surface area contributed by atoms with Crippen LogP contribution in [0, 0.1) is 10.7 Å². The van der Waals surface area contributed by atoms with E-state index in [0.717, 1.165) is 31.6 Å². The van der Waals surface area contributed by atoms with E-state index < -0.39 is 0 Å². The molecular formula is C21H25N4O3S+. The topological polar surface area (TPSA) is 66.6 Å². The third-order valence-electron chi connectivity index (χ3n) is 5.21. The molecule has 2 aromatic heterocycles. The van der Waals surface area contributed by atoms with Crippen LogP contribution in [0.5, 0.6) is 0 Å². The summed E-state index contributed by atoms with van der Waals surface area (Å²) in [6.07, 6.45) is 3.49. The van der Waals surface area contributed by atoms with Gasteiger partial charge in [-0.2, -0.15) is 4.68 Å². The molecule has 1 fully saturated rings. The number of nitrogens with one attached hydrogen (secondary N) is 1. The molecule has 0 amide bonds. The van der Waals surface area contributed by atoms with Crippen molar-refractivity contribution in [3.05, 3.63) is 53.5 Å². The fourth-order valence-electron chi connectivity index (χ4n) is 3.85. The van der Waals surface area contributed by atoms with Gasteiger partial charge in [0.15, 0.2) is 12.4 Å². The average Bonchev–Trinajstić information content (AvgIpc) is 3.38. The van der Waals surface area contributed by atoms with Crippen molar-refractivity contribution in [2.24, 2.45) is 5.92 Å². The summed E-state index contributed by atoms with van der Waals surface area (Å²) >= 11 is 5.78. The van der Waals surface area contributed by atoms with E-state index in [0.29, 0.717) is 29.6 Å². The monoisotopic (exact) mass is 413 g/mol. The van der Waals surface area contributed by atoms with Crippen LogP contribution in [0.25, 0.3) is 17.3 Å². The number of ether oxygens (including phenoxy) is 1. The van der Waals surface area contributed by atoms with E-state index >= 15 is 0 Å². The number of hydrogen-bond acceptors (Lipinski definition) is 5. The van der Waals surface area contributed by atoms with E-state index in [4.69, 9.17) is 26.5 Å². The predicted molar refractivity (Wildman–Crippen MR) is 110 cm³/mol. The zero-order valence-electron chi connectivity index (χ0n) is 16.4. The second-order valence-corrected chi connectivity index (χ2v) is 7.57. The van der Waals surface area contributed by atoms with E-state index in [2.05, 4.69) is 0 Å². The van der Waals surface area contributed by atoms with Gasteiger partial charge in [0, 0.05) is 0 Å². The van der Waals surface area contributed by atoms with Crippen LogP contribution >= 0.6 is 12.2 Å². The Morgan fingerprint density at radius 3 is 2.86 bits per heavy atom. The number of likely N-dealkylation sites (tertiary alicyclic amines) is 1. The molecule has 7 nitrogen and oxygen atoms in total. The Morgan fingerprint density at radius 2 is 2.14 bits per heavy atom. The number of carbonyl (C=O) groups is 1. The molecule has 3 heterocycles. The first-order chi connectivity index (χ1) is 14.2. The molecule has 0 spiro atoms. The largest absolute Gasteiger partial charge is 0.466 e. The van der Waals surface area contributed by atoms with Gasteiger partial charge in [-0.25, -0.2) is 0 Å². The standard InChI is InChI=1S/C21H24N4O3S/c1-2-27-20(26)16-8-6-12-23(14-16)15-24-21(29)25(17-9-4-3-5-10-17)19(22-24)18-11-7-13-28-18/h3-5,7,9-11,13,16H,2,6,8,12,14-15H2,1H3/p+1/t16-/m1/s1. The molecule has 152 valence electrons. The highest BCUT2D eigenvalue weighted by atomic mass is 32.1. The van der Waals surface area contributed by atoms with E-state index in [1.807, 2.05) is 58.6 Å². The van der Waals surface area contributed by atoms with E-state index in [9.17, 15) is 4.79 Å². The van der Waals surface area contributed by atoms with Gasteiger partial charge >= 0.3 is 5.97 Å². The van der Waals surface area contributed by atoms with Gasteiger partial charge in [0.05, 0.1) is 31.6 Å². The maximum Gasteiger partial charge on any atom is 0.314 e. The van der Waals surface area contributed by atoms with Crippen molar-refractivity contribution < 1.29 is 18.8 Å². The van der Waals surface area contributed by atoms with Crippen LogP contribution < -0.4 is 4.90 Å². The van der Waals surface area contributed by atoms with Crippen molar-refractivity contribution in [1.29, 1.82) is 0 Å². The number of quaternary nitrogens is 1. The lowest BCUT2D eigenvalue weighted by Gasteiger charge is -2.28. The molecule has 0 aliphatic carbocycles. The first kappa shape index (κ1) is 19.6. The minimum atomic E-state index is -0.0978. The molecule has 1 saturated heterocycles. The SMILES string of the molecule is CCOC(=O)[C@@H]1CCC[NH+](Cn2nc(-c3ccco3)n(-c3ccccc3)c2=S)C1. The van der Waals surface area contributed by atoms with Crippen LogP contribution in [0.15, 0.2) is 53.1 Å². The summed E-state index contributed by atoms with van der Waals surface area (Å²) in [5.41, 5.74) is 0.938. The van der Waals surface area contributed by atoms with Crippen LogP contribution in [-0.2, 0) is 16.2 Å². The summed E-state index contributed by atoms with van der Waals surface area (Å²) in [7, 11) is 0. The van der Waals surface area contributed by atoms with Crippen LogP contribution in [0.2, 0.25) is 0 Å². The Balaban J connectivity index is 1.63. The summed E-state index contributed by atoms with van der Waals surface area (Å²) in [5.74, 6) is 1.18. The molecule has 1 N–H and O–H groups in total. The van der Waals surface area contributed by atoms with Crippen LogP contribution in [0.1, 0.15) is 19.8 Å². The van der Waals surface area contributed by atoms with Crippen molar-refractivity contribution in [2.75, 3.05) is 19.7 Å². The maximum atomic E-state index is 12.2. The quantitative estimate of drug-likeness (QED) is 0.497. The van der Waals surface area contributed by atoms with Crippen LogP contribution in [-0.4, -0.2) is 40.0 Å². The molecule has 0 radical (unpaired) electrons. The summed E-state index contributed by atoms with van der Waals surface area (Å²) in [5, 5.41) is 4.77. The smallest absolute Gasteiger partial charge is 0.314 e. The molecule has 1 aliphatic rings. The third-order valence-corrected chi connectivity index (χ3v) is 5.60. The average molecular weight is 414 g/mol. The zero-order valence-corrected chi connectivity index (χ0v) is 17.2. The summed E-state index contributed by atoms with van der Waals surface area (Å²) in [4.78, 5) is 13.4. The molecule has 0 saturated carbocycles. The third kappa shape index (κ3) is 4.18. The van der Waals surface area contributed by atoms with Crippen molar-refractivity contribution >= 4 is 18.2 Å². The Hall–Kier alpha value is -2.71. The number of furan rings is 1. The van der Waals surface area contributed by atoms with Gasteiger partial charge in [0.1, 0.15) is 5.92 Å². The maximum absolute atomic E-state index is 12.2. The lowest BCUT2D eigenvalue weighted by atomic mass is 9.99. The van der Waals surface area contributed by atoms with Crippen molar-refractivity contribution in [2.45, 2.75) is 26.4 Å². The molecule has 1 aliphatic heterocycles. The fraction of sp³-hybridized carbons (Fsp3) is 0.381. The number of hydrogen-bond donors (Lipinski definition) is 1. The van der Waals surface area contributed by atoms with Gasteiger partial charge in [0.25, 0.3) is 0 Å². The van der Waals surface area contributed by atoms with Crippen molar-refractivity contribution in [3.8, 4) is 17.3 Å². The van der Waals surface area contributed by atoms with Crippen molar-refractivity contribution in [3.63, 3.8) is 0 Å². The number of para-hydroxylation sites is 1. The van der Waals surface area contributed by atoms with Crippen LogP contribution in [0.4, 0.5) is 0 Å². The molecule has 8 heteroatoms. The lowest BCUT2D eigenvalue weighted by molar-refractivity contribution is -0.930. The molecule has 3 aromatic rings. The van der Waals surface area contributed by atoms with Gasteiger partial charge in [-0.15, -0.1) is 5.10 Å². The molecule has 4 rings (SSSR count). The Morgan fingerprint density at radius 1 is 1.31 bits per heavy atom.